The van der Waals surface area contributed by atoms with E-state index in [0.29, 0.717) is 30.1 Å². The van der Waals surface area contributed by atoms with Gasteiger partial charge in [0.1, 0.15) is 18.3 Å². The van der Waals surface area contributed by atoms with Crippen molar-refractivity contribution in [1.82, 2.24) is 4.31 Å². The highest BCUT2D eigenvalue weighted by atomic mass is 32.2. The Morgan fingerprint density at radius 1 is 1.15 bits per heavy atom. The van der Waals surface area contributed by atoms with Crippen molar-refractivity contribution in [2.24, 2.45) is 0 Å². The Balaban J connectivity index is 1.69. The number of rotatable bonds is 6. The van der Waals surface area contributed by atoms with Gasteiger partial charge in [0, 0.05) is 32.4 Å². The molecule has 4 rings (SSSR count). The molecule has 0 aliphatic carbocycles. The second-order valence-corrected chi connectivity index (χ2v) is 10.5. The second-order valence-electron chi connectivity index (χ2n) is 8.35. The van der Waals surface area contributed by atoms with Gasteiger partial charge in [-0.25, -0.2) is 12.7 Å². The van der Waals surface area contributed by atoms with Gasteiger partial charge >= 0.3 is 0 Å². The molecule has 0 aromatic heterocycles. The molecular weight excluding hydrogens is 444 g/mol. The first-order valence-electron chi connectivity index (χ1n) is 10.8. The fourth-order valence-electron chi connectivity index (χ4n) is 4.32. The van der Waals surface area contributed by atoms with Crippen LogP contribution in [0.4, 0.5) is 17.1 Å². The Hall–Kier alpha value is -3.11. The fourth-order valence-corrected chi connectivity index (χ4v) is 5.24. The number of nitrogens with zero attached hydrogens (tertiary/aromatic N) is 3. The largest absolute Gasteiger partial charge is 0.497 e. The van der Waals surface area contributed by atoms with Crippen molar-refractivity contribution in [3.63, 3.8) is 0 Å². The van der Waals surface area contributed by atoms with Gasteiger partial charge in [-0.3, -0.25) is 14.5 Å². The van der Waals surface area contributed by atoms with E-state index < -0.39 is 10.0 Å². The summed E-state index contributed by atoms with van der Waals surface area (Å²) >= 11 is 0. The van der Waals surface area contributed by atoms with Crippen LogP contribution < -0.4 is 19.9 Å². The molecule has 2 aliphatic rings. The Morgan fingerprint density at radius 3 is 2.67 bits per heavy atom. The van der Waals surface area contributed by atoms with Crippen LogP contribution in [0.5, 0.6) is 5.75 Å². The summed E-state index contributed by atoms with van der Waals surface area (Å²) in [4.78, 5) is 29.8. The molecule has 1 saturated heterocycles. The van der Waals surface area contributed by atoms with Gasteiger partial charge in [-0.2, -0.15) is 0 Å². The average molecular weight is 473 g/mol. The normalized spacial score (nSPS) is 18.1. The molecule has 1 N–H and O–H groups in total. The molecule has 176 valence electrons. The van der Waals surface area contributed by atoms with Crippen LogP contribution in [0.1, 0.15) is 19.3 Å². The summed E-state index contributed by atoms with van der Waals surface area (Å²) < 4.78 is 31.8. The molecule has 1 atom stereocenters. The molecule has 2 heterocycles. The number of carbonyl (C=O) groups excluding carboxylic acids is 2. The van der Waals surface area contributed by atoms with E-state index in [1.807, 2.05) is 4.90 Å². The number of anilines is 3. The smallest absolute Gasteiger partial charge is 0.250 e. The number of nitrogens with one attached hydrogen (secondary N) is 1. The zero-order valence-electron chi connectivity index (χ0n) is 18.9. The molecule has 0 radical (unpaired) electrons. The Bertz CT molecular complexity index is 1180. The molecule has 9 nitrogen and oxygen atoms in total. The number of hydrogen-bond acceptors (Lipinski definition) is 6. The number of ether oxygens (including phenoxy) is 1. The monoisotopic (exact) mass is 472 g/mol. The van der Waals surface area contributed by atoms with Crippen LogP contribution in [-0.4, -0.2) is 64.9 Å². The van der Waals surface area contributed by atoms with E-state index in [0.717, 1.165) is 22.8 Å². The molecule has 2 aromatic rings. The van der Waals surface area contributed by atoms with Crippen molar-refractivity contribution in [3.05, 3.63) is 42.5 Å². The number of hydrogen-bond donors (Lipinski definition) is 1. The van der Waals surface area contributed by atoms with Crippen LogP contribution in [0.2, 0.25) is 0 Å². The third kappa shape index (κ3) is 4.40. The number of piperidine rings is 1. The quantitative estimate of drug-likeness (QED) is 0.693. The summed E-state index contributed by atoms with van der Waals surface area (Å²) in [5.74, 6) is 0.0265. The van der Waals surface area contributed by atoms with Crippen LogP contribution in [-0.2, 0) is 19.6 Å². The number of fused-ring (bicyclic) bond motifs is 3. The van der Waals surface area contributed by atoms with Crippen LogP contribution >= 0.6 is 0 Å². The molecule has 0 spiro atoms. The van der Waals surface area contributed by atoms with Gasteiger partial charge in [-0.15, -0.1) is 0 Å². The summed E-state index contributed by atoms with van der Waals surface area (Å²) in [6, 6.07) is 11.4. The van der Waals surface area contributed by atoms with Crippen LogP contribution in [0, 0.1) is 0 Å². The maximum atomic E-state index is 13.4. The molecular formula is C23H28N4O5S. The van der Waals surface area contributed by atoms with Gasteiger partial charge < -0.3 is 15.0 Å². The molecule has 2 aliphatic heterocycles. The van der Waals surface area contributed by atoms with E-state index >= 15 is 0 Å². The van der Waals surface area contributed by atoms with Crippen molar-refractivity contribution in [2.45, 2.75) is 30.2 Å². The standard InChI is InChI=1S/C23H28N4O5S/c1-25(2)33(30,31)18-10-11-19-21(14-18)27(23(29)20-9-4-5-12-26(19)20)15-22(28)24-16-7-6-8-17(13-16)32-3/h6-8,10-11,13-14,20H,4-5,9,12,15H2,1-3H3,(H,24,28). The number of carbonyl (C=O) groups is 2. The third-order valence-electron chi connectivity index (χ3n) is 6.03. The Morgan fingerprint density at radius 2 is 1.94 bits per heavy atom. The fraction of sp³-hybridized carbons (Fsp3) is 0.391. The minimum absolute atomic E-state index is 0.0766. The number of methoxy groups -OCH3 is 1. The van der Waals surface area contributed by atoms with Gasteiger partial charge in [0.15, 0.2) is 0 Å². The summed E-state index contributed by atoms with van der Waals surface area (Å²) in [6.45, 7) is 0.492. The van der Waals surface area contributed by atoms with Gasteiger partial charge in [-0.1, -0.05) is 6.07 Å². The SMILES string of the molecule is COc1cccc(NC(=O)CN2C(=O)C3CCCCN3c3ccc(S(=O)(=O)N(C)C)cc32)c1. The maximum Gasteiger partial charge on any atom is 0.250 e. The lowest BCUT2D eigenvalue weighted by molar-refractivity contribution is -0.123. The van der Waals surface area contributed by atoms with Crippen LogP contribution in [0.25, 0.3) is 0 Å². The number of benzene rings is 2. The zero-order chi connectivity index (χ0) is 23.8. The molecule has 1 unspecified atom stereocenters. The molecule has 10 heteroatoms. The first-order chi connectivity index (χ1) is 15.7. The van der Waals surface area contributed by atoms with Gasteiger partial charge in [0.2, 0.25) is 21.8 Å². The topological polar surface area (TPSA) is 99.3 Å². The van der Waals surface area contributed by atoms with E-state index in [1.54, 1.807) is 43.5 Å². The Kier molecular flexibility index (Phi) is 6.31. The molecule has 2 amide bonds. The average Bonchev–Trinajstić information content (AvgIpc) is 2.81. The van der Waals surface area contributed by atoms with Gasteiger partial charge in [-0.05, 0) is 49.6 Å². The van der Waals surface area contributed by atoms with Gasteiger partial charge in [0.05, 0.1) is 23.4 Å². The van der Waals surface area contributed by atoms with Gasteiger partial charge in [0.25, 0.3) is 0 Å². The van der Waals surface area contributed by atoms with E-state index in [9.17, 15) is 18.0 Å². The van der Waals surface area contributed by atoms with E-state index in [4.69, 9.17) is 4.74 Å². The lowest BCUT2D eigenvalue weighted by atomic mass is 9.96. The lowest BCUT2D eigenvalue weighted by Crippen LogP contribution is -2.56. The maximum absolute atomic E-state index is 13.4. The summed E-state index contributed by atoms with van der Waals surface area (Å²) in [6.07, 6.45) is 2.58. The minimum atomic E-state index is -3.70. The highest BCUT2D eigenvalue weighted by molar-refractivity contribution is 7.89. The first-order valence-corrected chi connectivity index (χ1v) is 12.2. The summed E-state index contributed by atoms with van der Waals surface area (Å²) in [7, 11) is 0.755. The zero-order valence-corrected chi connectivity index (χ0v) is 19.8. The van der Waals surface area contributed by atoms with E-state index in [2.05, 4.69) is 5.32 Å². The summed E-state index contributed by atoms with van der Waals surface area (Å²) in [5.41, 5.74) is 1.75. The lowest BCUT2D eigenvalue weighted by Gasteiger charge is -2.45. The van der Waals surface area contributed by atoms with Crippen molar-refractivity contribution < 1.29 is 22.7 Å². The van der Waals surface area contributed by atoms with Crippen LogP contribution in [0.15, 0.2) is 47.4 Å². The van der Waals surface area contributed by atoms with Crippen LogP contribution in [0.3, 0.4) is 0 Å². The molecule has 0 saturated carbocycles. The van der Waals surface area contributed by atoms with Crippen molar-refractivity contribution in [3.8, 4) is 5.75 Å². The van der Waals surface area contributed by atoms with Crippen molar-refractivity contribution in [1.29, 1.82) is 0 Å². The Labute approximate surface area is 194 Å². The third-order valence-corrected chi connectivity index (χ3v) is 7.85. The molecule has 33 heavy (non-hydrogen) atoms. The molecule has 2 aromatic carbocycles. The predicted molar refractivity (Wildman–Crippen MR) is 126 cm³/mol. The second kappa shape index (κ2) is 9.03. The van der Waals surface area contributed by atoms with Crippen molar-refractivity contribution in [2.75, 3.05) is 49.4 Å². The molecule has 0 bridgehead atoms. The summed E-state index contributed by atoms with van der Waals surface area (Å²) in [5, 5.41) is 2.80. The highest BCUT2D eigenvalue weighted by Gasteiger charge is 2.40. The van der Waals surface area contributed by atoms with E-state index in [1.165, 1.54) is 25.1 Å². The minimum Gasteiger partial charge on any atom is -0.497 e. The number of amides is 2. The molecule has 1 fully saturated rings. The van der Waals surface area contributed by atoms with Crippen molar-refractivity contribution >= 4 is 38.9 Å². The highest BCUT2D eigenvalue weighted by Crippen LogP contribution is 2.40. The predicted octanol–water partition coefficient (Wildman–Crippen LogP) is 2.29. The first kappa shape index (κ1) is 23.1. The number of sulfonamides is 1. The van der Waals surface area contributed by atoms with E-state index in [-0.39, 0.29) is 29.3 Å².